The number of hydrogen-bond donors (Lipinski definition) is 0. The largest absolute Gasteiger partial charge is 0.443 e. The van der Waals surface area contributed by atoms with Gasteiger partial charge in [-0.2, -0.15) is 0 Å². The predicted molar refractivity (Wildman–Crippen MR) is 63.8 cm³/mol. The molecule has 0 saturated heterocycles. The molecule has 0 spiro atoms. The smallest absolute Gasteiger partial charge is 0.415 e. The highest BCUT2D eigenvalue weighted by Crippen LogP contribution is 2.28. The number of ether oxygens (including phenoxy) is 1. The third-order valence-electron chi connectivity index (χ3n) is 2.06. The number of carbonyl (C=O) groups excluding carboxylic acids is 1. The maximum atomic E-state index is 12.0. The molecule has 2 rings (SSSR count). The van der Waals surface area contributed by atoms with Crippen LogP contribution in [0.15, 0.2) is 17.5 Å². The van der Waals surface area contributed by atoms with E-state index in [2.05, 4.69) is 15.0 Å². The van der Waals surface area contributed by atoms with E-state index in [1.807, 2.05) is 20.8 Å². The van der Waals surface area contributed by atoms with Crippen molar-refractivity contribution in [3.05, 3.63) is 12.5 Å². The molecule has 0 bridgehead atoms. The Balaban J connectivity index is 2.24. The van der Waals surface area contributed by atoms with E-state index < -0.39 is 11.7 Å². The molecule has 0 fully saturated rings. The van der Waals surface area contributed by atoms with Gasteiger partial charge in [0.15, 0.2) is 5.82 Å². The van der Waals surface area contributed by atoms with Crippen LogP contribution in [0.4, 0.5) is 16.3 Å². The number of hydrogen-bond acceptors (Lipinski definition) is 5. The minimum Gasteiger partial charge on any atom is -0.443 e. The van der Waals surface area contributed by atoms with E-state index in [1.165, 1.54) is 11.2 Å². The molecule has 0 atom stereocenters. The molecule has 6 heteroatoms. The van der Waals surface area contributed by atoms with Gasteiger partial charge >= 0.3 is 6.09 Å². The van der Waals surface area contributed by atoms with Crippen molar-refractivity contribution in [3.8, 4) is 0 Å². The maximum Gasteiger partial charge on any atom is 0.415 e. The van der Waals surface area contributed by atoms with Crippen molar-refractivity contribution in [3.63, 3.8) is 0 Å². The van der Waals surface area contributed by atoms with Crippen LogP contribution in [0.5, 0.6) is 0 Å². The van der Waals surface area contributed by atoms with Gasteiger partial charge in [-0.25, -0.2) is 19.8 Å². The van der Waals surface area contributed by atoms with Crippen LogP contribution in [0.2, 0.25) is 0 Å². The molecule has 0 N–H and O–H groups in total. The van der Waals surface area contributed by atoms with Crippen molar-refractivity contribution in [2.24, 2.45) is 4.99 Å². The minimum atomic E-state index is -0.526. The molecular formula is C11H14N4O2. The summed E-state index contributed by atoms with van der Waals surface area (Å²) >= 11 is 0. The summed E-state index contributed by atoms with van der Waals surface area (Å²) < 4.78 is 5.30. The van der Waals surface area contributed by atoms with Crippen LogP contribution in [0.25, 0.3) is 0 Å². The van der Waals surface area contributed by atoms with Crippen LogP contribution in [0.3, 0.4) is 0 Å². The first-order valence-electron chi connectivity index (χ1n) is 5.30. The lowest BCUT2D eigenvalue weighted by atomic mass is 10.2. The molecule has 0 aromatic carbocycles. The second-order valence-electron chi connectivity index (χ2n) is 4.63. The Morgan fingerprint density at radius 3 is 2.94 bits per heavy atom. The van der Waals surface area contributed by atoms with Gasteiger partial charge < -0.3 is 4.74 Å². The molecule has 2 heterocycles. The number of aromatic nitrogens is 2. The molecule has 6 nitrogen and oxygen atoms in total. The summed E-state index contributed by atoms with van der Waals surface area (Å²) in [5.41, 5.74) is 0.0471. The monoisotopic (exact) mass is 234 g/mol. The molecule has 0 saturated carbocycles. The molecule has 17 heavy (non-hydrogen) atoms. The maximum absolute atomic E-state index is 12.0. The number of rotatable bonds is 0. The lowest BCUT2D eigenvalue weighted by Crippen LogP contribution is -2.39. The van der Waals surface area contributed by atoms with E-state index in [4.69, 9.17) is 4.74 Å². The highest BCUT2D eigenvalue weighted by Gasteiger charge is 2.26. The summed E-state index contributed by atoms with van der Waals surface area (Å²) in [7, 11) is 0. The van der Waals surface area contributed by atoms with Gasteiger partial charge in [-0.15, -0.1) is 0 Å². The van der Waals surface area contributed by atoms with Crippen LogP contribution in [0, 0.1) is 0 Å². The molecule has 0 radical (unpaired) electrons. The summed E-state index contributed by atoms with van der Waals surface area (Å²) in [6, 6.07) is 0. The minimum absolute atomic E-state index is 0.370. The van der Waals surface area contributed by atoms with Crippen molar-refractivity contribution in [1.82, 2.24) is 9.97 Å². The zero-order valence-corrected chi connectivity index (χ0v) is 10.0. The number of carbonyl (C=O) groups is 1. The van der Waals surface area contributed by atoms with Crippen LogP contribution in [-0.4, -0.2) is 34.4 Å². The zero-order chi connectivity index (χ0) is 12.5. The standard InChI is InChI=1S/C11H14N4O2/c1-11(2,3)17-10(16)15-5-4-13-9-8(15)6-12-7-14-9/h4,6-7H,5H2,1-3H3. The van der Waals surface area contributed by atoms with Crippen LogP contribution in [0.1, 0.15) is 20.8 Å². The number of anilines is 1. The molecule has 0 unspecified atom stereocenters. The topological polar surface area (TPSA) is 67.7 Å². The van der Waals surface area contributed by atoms with Crippen molar-refractivity contribution in [2.45, 2.75) is 26.4 Å². The fourth-order valence-corrected chi connectivity index (χ4v) is 1.40. The second-order valence-corrected chi connectivity index (χ2v) is 4.63. The molecular weight excluding hydrogens is 220 g/mol. The summed E-state index contributed by atoms with van der Waals surface area (Å²) in [6.07, 6.45) is 4.16. The highest BCUT2D eigenvalue weighted by molar-refractivity contribution is 5.96. The predicted octanol–water partition coefficient (Wildman–Crippen LogP) is 1.93. The normalized spacial score (nSPS) is 14.4. The van der Waals surface area contributed by atoms with E-state index in [0.717, 1.165) is 0 Å². The van der Waals surface area contributed by atoms with Gasteiger partial charge in [0.2, 0.25) is 0 Å². The van der Waals surface area contributed by atoms with Gasteiger partial charge in [-0.3, -0.25) is 4.90 Å². The molecule has 1 aromatic rings. The van der Waals surface area contributed by atoms with Gasteiger partial charge in [0.1, 0.15) is 17.6 Å². The average Bonchev–Trinajstić information content (AvgIpc) is 2.26. The Kier molecular flexibility index (Phi) is 2.79. The van der Waals surface area contributed by atoms with Gasteiger partial charge in [-0.1, -0.05) is 0 Å². The van der Waals surface area contributed by atoms with Crippen LogP contribution in [-0.2, 0) is 4.74 Å². The molecule has 90 valence electrons. The van der Waals surface area contributed by atoms with Gasteiger partial charge in [-0.05, 0) is 20.8 Å². The first-order valence-corrected chi connectivity index (χ1v) is 5.30. The van der Waals surface area contributed by atoms with Gasteiger partial charge in [0, 0.05) is 6.21 Å². The van der Waals surface area contributed by atoms with Crippen LogP contribution < -0.4 is 4.90 Å². The molecule has 1 aliphatic rings. The third-order valence-corrected chi connectivity index (χ3v) is 2.06. The lowest BCUT2D eigenvalue weighted by Gasteiger charge is -2.27. The van der Waals surface area contributed by atoms with E-state index >= 15 is 0 Å². The van der Waals surface area contributed by atoms with E-state index in [1.54, 1.807) is 12.4 Å². The third kappa shape index (κ3) is 2.58. The average molecular weight is 234 g/mol. The van der Waals surface area contributed by atoms with Gasteiger partial charge in [0.25, 0.3) is 0 Å². The van der Waals surface area contributed by atoms with Crippen molar-refractivity contribution in [2.75, 3.05) is 11.4 Å². The number of nitrogens with zero attached hydrogens (tertiary/aromatic N) is 4. The molecule has 1 aromatic heterocycles. The Morgan fingerprint density at radius 2 is 2.24 bits per heavy atom. The summed E-state index contributed by atoms with van der Waals surface area (Å²) in [6.45, 7) is 5.84. The van der Waals surface area contributed by atoms with Crippen molar-refractivity contribution in [1.29, 1.82) is 0 Å². The van der Waals surface area contributed by atoms with Crippen molar-refractivity contribution < 1.29 is 9.53 Å². The quantitative estimate of drug-likeness (QED) is 0.687. The summed E-state index contributed by atoms with van der Waals surface area (Å²) in [5.74, 6) is 0.483. The van der Waals surface area contributed by atoms with Crippen molar-refractivity contribution >= 4 is 23.8 Å². The highest BCUT2D eigenvalue weighted by atomic mass is 16.6. The number of fused-ring (bicyclic) bond motifs is 1. The van der Waals surface area contributed by atoms with E-state index in [9.17, 15) is 4.79 Å². The fraction of sp³-hybridized carbons (Fsp3) is 0.455. The Morgan fingerprint density at radius 1 is 1.47 bits per heavy atom. The van der Waals surface area contributed by atoms with E-state index in [-0.39, 0.29) is 0 Å². The fourth-order valence-electron chi connectivity index (χ4n) is 1.40. The molecule has 1 amide bonds. The SMILES string of the molecule is CC(C)(C)OC(=O)N1CC=Nc2ncncc21. The molecule has 0 aliphatic carbocycles. The Labute approximate surface area is 99.3 Å². The first kappa shape index (κ1) is 11.5. The van der Waals surface area contributed by atoms with Crippen LogP contribution >= 0.6 is 0 Å². The summed E-state index contributed by atoms with van der Waals surface area (Å²) in [4.78, 5) is 25.4. The van der Waals surface area contributed by atoms with Gasteiger partial charge in [0.05, 0.1) is 12.7 Å². The van der Waals surface area contributed by atoms with E-state index in [0.29, 0.717) is 18.1 Å². The zero-order valence-electron chi connectivity index (χ0n) is 10.0. The first-order chi connectivity index (χ1) is 7.97. The summed E-state index contributed by atoms with van der Waals surface area (Å²) in [5, 5.41) is 0. The second kappa shape index (κ2) is 4.12. The Bertz CT molecular complexity index is 465. The number of amides is 1. The lowest BCUT2D eigenvalue weighted by molar-refractivity contribution is 0.0585. The molecule has 1 aliphatic heterocycles. The number of aliphatic imine (C=N–C) groups is 1. The Hall–Kier alpha value is -1.98.